The fourth-order valence-corrected chi connectivity index (χ4v) is 1.37. The van der Waals surface area contributed by atoms with Crippen LogP contribution in [0, 0.1) is 0 Å². The third-order valence-electron chi connectivity index (χ3n) is 1.49. The van der Waals surface area contributed by atoms with Crippen molar-refractivity contribution in [2.75, 3.05) is 6.61 Å². The second-order valence-corrected chi connectivity index (χ2v) is 3.78. The van der Waals surface area contributed by atoms with Gasteiger partial charge in [-0.15, -0.1) is 0 Å². The third-order valence-corrected chi connectivity index (χ3v) is 2.77. The summed E-state index contributed by atoms with van der Waals surface area (Å²) in [6, 6.07) is 5.24. The monoisotopic (exact) mass is 278 g/mol. The van der Waals surface area contributed by atoms with Crippen molar-refractivity contribution in [3.63, 3.8) is 0 Å². The lowest BCUT2D eigenvalue weighted by molar-refractivity contribution is -0.137. The first-order valence-corrected chi connectivity index (χ1v) is 5.07. The van der Waals surface area contributed by atoms with Crippen molar-refractivity contribution >= 4 is 33.5 Å². The standard InChI is InChI=1S/C9H8BrClO3/c10-6-2-1-3-7(9(6)11)14-5-4-8(12)13/h1-3H,4-5H2,(H,12,13). The van der Waals surface area contributed by atoms with E-state index in [1.165, 1.54) is 0 Å². The lowest BCUT2D eigenvalue weighted by Crippen LogP contribution is -2.04. The van der Waals surface area contributed by atoms with Crippen LogP contribution in [0.4, 0.5) is 0 Å². The van der Waals surface area contributed by atoms with Crippen LogP contribution in [-0.4, -0.2) is 17.7 Å². The number of rotatable bonds is 4. The summed E-state index contributed by atoms with van der Waals surface area (Å²) in [4.78, 5) is 10.2. The molecule has 0 bridgehead atoms. The first-order chi connectivity index (χ1) is 6.61. The van der Waals surface area contributed by atoms with Crippen LogP contribution in [0.5, 0.6) is 5.75 Å². The molecule has 0 spiro atoms. The van der Waals surface area contributed by atoms with Crippen molar-refractivity contribution in [1.29, 1.82) is 0 Å². The summed E-state index contributed by atoms with van der Waals surface area (Å²) in [7, 11) is 0. The molecule has 0 radical (unpaired) electrons. The van der Waals surface area contributed by atoms with E-state index in [0.29, 0.717) is 10.8 Å². The molecule has 1 aromatic carbocycles. The summed E-state index contributed by atoms with van der Waals surface area (Å²) in [5, 5.41) is 8.85. The van der Waals surface area contributed by atoms with Crippen LogP contribution < -0.4 is 4.74 Å². The van der Waals surface area contributed by atoms with Gasteiger partial charge in [0, 0.05) is 4.47 Å². The van der Waals surface area contributed by atoms with Gasteiger partial charge >= 0.3 is 5.97 Å². The molecular weight excluding hydrogens is 271 g/mol. The van der Waals surface area contributed by atoms with E-state index in [9.17, 15) is 4.79 Å². The Hall–Kier alpha value is -0.740. The van der Waals surface area contributed by atoms with E-state index in [-0.39, 0.29) is 13.0 Å². The van der Waals surface area contributed by atoms with Gasteiger partial charge in [0.15, 0.2) is 0 Å². The number of benzene rings is 1. The van der Waals surface area contributed by atoms with Crippen LogP contribution in [0.25, 0.3) is 0 Å². The second kappa shape index (κ2) is 5.22. The zero-order valence-corrected chi connectivity index (χ0v) is 9.51. The molecule has 5 heteroatoms. The van der Waals surface area contributed by atoms with E-state index in [0.717, 1.165) is 4.47 Å². The van der Waals surface area contributed by atoms with Crippen molar-refractivity contribution in [1.82, 2.24) is 0 Å². The van der Waals surface area contributed by atoms with Gasteiger partial charge in [-0.05, 0) is 28.1 Å². The maximum atomic E-state index is 10.2. The minimum Gasteiger partial charge on any atom is -0.491 e. The largest absolute Gasteiger partial charge is 0.491 e. The molecule has 0 amide bonds. The minimum atomic E-state index is -0.892. The van der Waals surface area contributed by atoms with Gasteiger partial charge in [0.1, 0.15) is 5.75 Å². The highest BCUT2D eigenvalue weighted by Gasteiger charge is 2.05. The first kappa shape index (κ1) is 11.3. The fourth-order valence-electron chi connectivity index (χ4n) is 0.844. The SMILES string of the molecule is O=C(O)CCOc1cccc(Br)c1Cl. The summed E-state index contributed by atoms with van der Waals surface area (Å²) in [5.74, 6) is -0.404. The molecule has 0 heterocycles. The quantitative estimate of drug-likeness (QED) is 0.922. The average Bonchev–Trinajstić information content (AvgIpc) is 2.12. The van der Waals surface area contributed by atoms with E-state index < -0.39 is 5.97 Å². The van der Waals surface area contributed by atoms with Gasteiger partial charge in [0.2, 0.25) is 0 Å². The van der Waals surface area contributed by atoms with Gasteiger partial charge in [-0.1, -0.05) is 17.7 Å². The van der Waals surface area contributed by atoms with Crippen molar-refractivity contribution in [2.45, 2.75) is 6.42 Å². The van der Waals surface area contributed by atoms with Crippen LogP contribution in [0.3, 0.4) is 0 Å². The Labute approximate surface area is 94.8 Å². The van der Waals surface area contributed by atoms with Crippen molar-refractivity contribution in [3.05, 3.63) is 27.7 Å². The van der Waals surface area contributed by atoms with Gasteiger partial charge in [-0.25, -0.2) is 0 Å². The van der Waals surface area contributed by atoms with Crippen molar-refractivity contribution in [2.24, 2.45) is 0 Å². The van der Waals surface area contributed by atoms with Gasteiger partial charge in [-0.2, -0.15) is 0 Å². The van der Waals surface area contributed by atoms with Crippen LogP contribution in [0.15, 0.2) is 22.7 Å². The topological polar surface area (TPSA) is 46.5 Å². The Balaban J connectivity index is 2.59. The van der Waals surface area contributed by atoms with Gasteiger partial charge < -0.3 is 9.84 Å². The number of aliphatic carboxylic acids is 1. The summed E-state index contributed by atoms with van der Waals surface area (Å²) < 4.78 is 5.91. The predicted molar refractivity (Wildman–Crippen MR) is 56.9 cm³/mol. The summed E-state index contributed by atoms with van der Waals surface area (Å²) in [5.41, 5.74) is 0. The molecule has 1 aromatic rings. The maximum Gasteiger partial charge on any atom is 0.306 e. The molecule has 0 atom stereocenters. The predicted octanol–water partition coefficient (Wildman–Crippen LogP) is 2.96. The number of carboxylic acid groups (broad SMARTS) is 1. The minimum absolute atomic E-state index is 0.0388. The molecule has 0 unspecified atom stereocenters. The molecule has 0 aromatic heterocycles. The first-order valence-electron chi connectivity index (χ1n) is 3.90. The Morgan fingerprint density at radius 1 is 1.57 bits per heavy atom. The molecule has 0 fully saturated rings. The molecule has 0 aliphatic heterocycles. The normalized spacial score (nSPS) is 9.86. The highest BCUT2D eigenvalue weighted by Crippen LogP contribution is 2.31. The molecule has 1 N–H and O–H groups in total. The van der Waals surface area contributed by atoms with Crippen LogP contribution in [0.2, 0.25) is 5.02 Å². The maximum absolute atomic E-state index is 10.2. The highest BCUT2D eigenvalue weighted by molar-refractivity contribution is 9.10. The lowest BCUT2D eigenvalue weighted by Gasteiger charge is -2.07. The number of hydrogen-bond donors (Lipinski definition) is 1. The van der Waals surface area contributed by atoms with Crippen LogP contribution in [0.1, 0.15) is 6.42 Å². The third kappa shape index (κ3) is 3.20. The Morgan fingerprint density at radius 2 is 2.29 bits per heavy atom. The number of ether oxygens (including phenoxy) is 1. The van der Waals surface area contributed by atoms with Gasteiger partial charge in [0.05, 0.1) is 18.1 Å². The molecule has 1 rings (SSSR count). The molecule has 14 heavy (non-hydrogen) atoms. The summed E-state index contributed by atoms with van der Waals surface area (Å²) >= 11 is 9.13. The van der Waals surface area contributed by atoms with Crippen molar-refractivity contribution in [3.8, 4) is 5.75 Å². The smallest absolute Gasteiger partial charge is 0.306 e. The molecule has 76 valence electrons. The number of halogens is 2. The van der Waals surface area contributed by atoms with Crippen LogP contribution >= 0.6 is 27.5 Å². The fraction of sp³-hybridized carbons (Fsp3) is 0.222. The van der Waals surface area contributed by atoms with E-state index in [2.05, 4.69) is 15.9 Å². The van der Waals surface area contributed by atoms with E-state index in [1.807, 2.05) is 0 Å². The second-order valence-electron chi connectivity index (χ2n) is 2.54. The molecule has 0 aliphatic carbocycles. The van der Waals surface area contributed by atoms with E-state index >= 15 is 0 Å². The van der Waals surface area contributed by atoms with E-state index in [4.69, 9.17) is 21.4 Å². The molecule has 3 nitrogen and oxygen atoms in total. The summed E-state index contributed by atoms with van der Waals surface area (Å²) in [6.07, 6.45) is -0.0388. The average molecular weight is 280 g/mol. The zero-order valence-electron chi connectivity index (χ0n) is 7.17. The van der Waals surface area contributed by atoms with Gasteiger partial charge in [-0.3, -0.25) is 4.79 Å². The molecule has 0 saturated carbocycles. The Bertz CT molecular complexity index is 341. The highest BCUT2D eigenvalue weighted by atomic mass is 79.9. The number of hydrogen-bond acceptors (Lipinski definition) is 2. The lowest BCUT2D eigenvalue weighted by atomic mass is 10.3. The number of carbonyl (C=O) groups is 1. The van der Waals surface area contributed by atoms with Crippen LogP contribution in [-0.2, 0) is 4.79 Å². The number of carboxylic acids is 1. The van der Waals surface area contributed by atoms with Crippen molar-refractivity contribution < 1.29 is 14.6 Å². The zero-order chi connectivity index (χ0) is 10.6. The Morgan fingerprint density at radius 3 is 2.93 bits per heavy atom. The summed E-state index contributed by atoms with van der Waals surface area (Å²) in [6.45, 7) is 0.117. The molecule has 0 saturated heterocycles. The molecular formula is C9H8BrClO3. The van der Waals surface area contributed by atoms with Gasteiger partial charge in [0.25, 0.3) is 0 Å². The molecule has 0 aliphatic rings. The Kier molecular flexibility index (Phi) is 4.22. The van der Waals surface area contributed by atoms with E-state index in [1.54, 1.807) is 18.2 Å².